The number of methoxy groups -OCH3 is 1. The fourth-order valence-corrected chi connectivity index (χ4v) is 7.12. The Labute approximate surface area is 189 Å². The molecule has 4 fully saturated rings. The minimum atomic E-state index is -0.383. The number of rotatable bonds is 6. The van der Waals surface area contributed by atoms with Crippen LogP contribution in [0.1, 0.15) is 56.6 Å². The van der Waals surface area contributed by atoms with Crippen molar-refractivity contribution in [1.29, 1.82) is 0 Å². The third-order valence-electron chi connectivity index (χ3n) is 7.76. The summed E-state index contributed by atoms with van der Waals surface area (Å²) in [5.41, 5.74) is 2.48. The molecule has 168 valence electrons. The van der Waals surface area contributed by atoms with Crippen molar-refractivity contribution in [3.8, 4) is 5.75 Å². The maximum absolute atomic E-state index is 13.7. The van der Waals surface area contributed by atoms with Gasteiger partial charge in [0, 0.05) is 30.1 Å². The highest BCUT2D eigenvalue weighted by molar-refractivity contribution is 5.96. The quantitative estimate of drug-likeness (QED) is 0.695. The van der Waals surface area contributed by atoms with E-state index in [0.29, 0.717) is 11.8 Å². The normalized spacial score (nSPS) is 30.1. The molecule has 5 heteroatoms. The van der Waals surface area contributed by atoms with Gasteiger partial charge in [0.2, 0.25) is 11.8 Å². The monoisotopic (exact) mass is 432 g/mol. The van der Waals surface area contributed by atoms with Crippen molar-refractivity contribution in [2.75, 3.05) is 12.4 Å². The molecule has 0 unspecified atom stereocenters. The first-order valence-corrected chi connectivity index (χ1v) is 11.7. The van der Waals surface area contributed by atoms with Crippen LogP contribution in [-0.4, -0.2) is 24.5 Å². The first-order chi connectivity index (χ1) is 15.4. The van der Waals surface area contributed by atoms with E-state index in [-0.39, 0.29) is 22.8 Å². The maximum atomic E-state index is 13.7. The summed E-state index contributed by atoms with van der Waals surface area (Å²) in [4.78, 5) is 25.6. The minimum absolute atomic E-state index is 0.0169. The molecule has 0 saturated heterocycles. The van der Waals surface area contributed by atoms with Crippen LogP contribution in [0.4, 0.5) is 5.69 Å². The van der Waals surface area contributed by atoms with Crippen LogP contribution in [0, 0.1) is 17.3 Å². The standard InChI is InChI=1S/C27H32N2O3/c1-18(30)29-27-15-20-10-21(16-27)14-26(13-20,17-27)25(31)28-23-8-9-24(32-2)22(12-23)11-19-6-4-3-5-7-19/h3-9,12,20-21H,10-11,13-17H2,1-2H3,(H,28,31)(H,29,30)/t20-,21-,26?,27?/m1/s1. The van der Waals surface area contributed by atoms with E-state index in [1.165, 1.54) is 12.0 Å². The number of benzene rings is 2. The van der Waals surface area contributed by atoms with E-state index in [1.807, 2.05) is 36.4 Å². The molecule has 2 N–H and O–H groups in total. The average molecular weight is 433 g/mol. The number of nitrogens with one attached hydrogen (secondary N) is 2. The third-order valence-corrected chi connectivity index (χ3v) is 7.76. The molecule has 2 atom stereocenters. The molecule has 4 bridgehead atoms. The zero-order chi connectivity index (χ0) is 22.3. The summed E-state index contributed by atoms with van der Waals surface area (Å²) < 4.78 is 5.58. The summed E-state index contributed by atoms with van der Waals surface area (Å²) in [5, 5.41) is 6.49. The number of hydrogen-bond donors (Lipinski definition) is 2. The van der Waals surface area contributed by atoms with E-state index in [1.54, 1.807) is 14.0 Å². The second-order valence-electron chi connectivity index (χ2n) is 10.3. The van der Waals surface area contributed by atoms with Gasteiger partial charge in [-0.2, -0.15) is 0 Å². The summed E-state index contributed by atoms with van der Waals surface area (Å²) in [5.74, 6) is 2.00. The van der Waals surface area contributed by atoms with Crippen LogP contribution >= 0.6 is 0 Å². The molecule has 0 heterocycles. The third kappa shape index (κ3) is 3.89. The number of ether oxygens (including phenoxy) is 1. The lowest BCUT2D eigenvalue weighted by atomic mass is 9.46. The van der Waals surface area contributed by atoms with Gasteiger partial charge < -0.3 is 15.4 Å². The molecule has 2 amide bonds. The van der Waals surface area contributed by atoms with E-state index in [9.17, 15) is 9.59 Å². The van der Waals surface area contributed by atoms with E-state index in [0.717, 1.165) is 55.5 Å². The van der Waals surface area contributed by atoms with Crippen LogP contribution in [0.3, 0.4) is 0 Å². The SMILES string of the molecule is COc1ccc(NC(=O)C23C[C@H]4C[C@@H](CC(NC(C)=O)(C4)C2)C3)cc1Cc1ccccc1. The van der Waals surface area contributed by atoms with Crippen LogP contribution in [0.2, 0.25) is 0 Å². The minimum Gasteiger partial charge on any atom is -0.496 e. The van der Waals surface area contributed by atoms with Crippen molar-refractivity contribution >= 4 is 17.5 Å². The van der Waals surface area contributed by atoms with E-state index >= 15 is 0 Å². The smallest absolute Gasteiger partial charge is 0.230 e. The molecular formula is C27H32N2O3. The molecular weight excluding hydrogens is 400 g/mol. The Hall–Kier alpha value is -2.82. The van der Waals surface area contributed by atoms with Gasteiger partial charge >= 0.3 is 0 Å². The van der Waals surface area contributed by atoms with Gasteiger partial charge in [-0.3, -0.25) is 9.59 Å². The highest BCUT2D eigenvalue weighted by Gasteiger charge is 2.60. The van der Waals surface area contributed by atoms with E-state index in [2.05, 4.69) is 22.8 Å². The van der Waals surface area contributed by atoms with Gasteiger partial charge in [0.1, 0.15) is 5.75 Å². The molecule has 4 aliphatic rings. The fraction of sp³-hybridized carbons (Fsp3) is 0.481. The molecule has 0 aliphatic heterocycles. The van der Waals surface area contributed by atoms with Gasteiger partial charge in [0.15, 0.2) is 0 Å². The number of hydrogen-bond acceptors (Lipinski definition) is 3. The highest BCUT2D eigenvalue weighted by atomic mass is 16.5. The molecule has 4 saturated carbocycles. The van der Waals surface area contributed by atoms with Gasteiger partial charge in [-0.25, -0.2) is 0 Å². The van der Waals surface area contributed by atoms with E-state index in [4.69, 9.17) is 4.74 Å². The largest absolute Gasteiger partial charge is 0.496 e. The second-order valence-corrected chi connectivity index (χ2v) is 10.3. The lowest BCUT2D eigenvalue weighted by molar-refractivity contribution is -0.148. The first-order valence-electron chi connectivity index (χ1n) is 11.7. The average Bonchev–Trinajstić information content (AvgIpc) is 2.73. The number of anilines is 1. The molecule has 32 heavy (non-hydrogen) atoms. The van der Waals surface area contributed by atoms with E-state index < -0.39 is 0 Å². The Morgan fingerprint density at radius 3 is 2.41 bits per heavy atom. The van der Waals surface area contributed by atoms with Crippen molar-refractivity contribution < 1.29 is 14.3 Å². The molecule has 5 nitrogen and oxygen atoms in total. The van der Waals surface area contributed by atoms with Crippen molar-refractivity contribution in [1.82, 2.24) is 5.32 Å². The summed E-state index contributed by atoms with van der Waals surface area (Å²) in [6.45, 7) is 1.59. The summed E-state index contributed by atoms with van der Waals surface area (Å²) >= 11 is 0. The van der Waals surface area contributed by atoms with Crippen LogP contribution in [0.25, 0.3) is 0 Å². The molecule has 2 aromatic carbocycles. The van der Waals surface area contributed by atoms with Crippen molar-refractivity contribution in [2.24, 2.45) is 17.3 Å². The number of carbonyl (C=O) groups is 2. The van der Waals surface area contributed by atoms with Gasteiger partial charge in [0.25, 0.3) is 0 Å². The van der Waals surface area contributed by atoms with Crippen LogP contribution in [0.5, 0.6) is 5.75 Å². The van der Waals surface area contributed by atoms with Crippen molar-refractivity contribution in [3.05, 3.63) is 59.7 Å². The lowest BCUT2D eigenvalue weighted by Crippen LogP contribution is -2.65. The predicted molar refractivity (Wildman–Crippen MR) is 125 cm³/mol. The van der Waals surface area contributed by atoms with Crippen LogP contribution in [-0.2, 0) is 16.0 Å². The molecule has 0 spiro atoms. The van der Waals surface area contributed by atoms with Crippen LogP contribution in [0.15, 0.2) is 48.5 Å². The van der Waals surface area contributed by atoms with Crippen molar-refractivity contribution in [3.63, 3.8) is 0 Å². The van der Waals surface area contributed by atoms with Gasteiger partial charge in [-0.1, -0.05) is 30.3 Å². The summed E-state index contributed by atoms with van der Waals surface area (Å²) in [6, 6.07) is 16.2. The zero-order valence-electron chi connectivity index (χ0n) is 18.9. The molecule has 4 aliphatic carbocycles. The lowest BCUT2D eigenvalue weighted by Gasteiger charge is -2.61. The van der Waals surface area contributed by atoms with Gasteiger partial charge in [-0.05, 0) is 74.1 Å². The maximum Gasteiger partial charge on any atom is 0.230 e. The van der Waals surface area contributed by atoms with Crippen molar-refractivity contribution in [2.45, 2.75) is 57.4 Å². The second kappa shape index (κ2) is 7.95. The van der Waals surface area contributed by atoms with Gasteiger partial charge in [0.05, 0.1) is 12.5 Å². The van der Waals surface area contributed by atoms with Crippen LogP contribution < -0.4 is 15.4 Å². The molecule has 6 rings (SSSR count). The molecule has 2 aromatic rings. The first kappa shape index (κ1) is 21.0. The molecule has 0 radical (unpaired) electrons. The number of amides is 2. The Morgan fingerprint density at radius 1 is 1.03 bits per heavy atom. The summed E-state index contributed by atoms with van der Waals surface area (Å²) in [6.07, 6.45) is 6.59. The Balaban J connectivity index is 1.38. The predicted octanol–water partition coefficient (Wildman–Crippen LogP) is 4.70. The Kier molecular flexibility index (Phi) is 5.23. The Morgan fingerprint density at radius 2 is 1.75 bits per heavy atom. The topological polar surface area (TPSA) is 67.4 Å². The molecule has 0 aromatic heterocycles. The Bertz CT molecular complexity index is 1020. The summed E-state index contributed by atoms with van der Waals surface area (Å²) in [7, 11) is 1.68. The zero-order valence-corrected chi connectivity index (χ0v) is 18.9. The van der Waals surface area contributed by atoms with Gasteiger partial charge in [-0.15, -0.1) is 0 Å². The fourth-order valence-electron chi connectivity index (χ4n) is 7.12. The number of carbonyl (C=O) groups excluding carboxylic acids is 2. The highest BCUT2D eigenvalue weighted by Crippen LogP contribution is 2.61.